The fourth-order valence-electron chi connectivity index (χ4n) is 5.36. The fourth-order valence-corrected chi connectivity index (χ4v) is 5.67. The molecule has 2 aliphatic rings. The number of anilines is 2. The summed E-state index contributed by atoms with van der Waals surface area (Å²) in [7, 11) is 0. The molecule has 0 radical (unpaired) electrons. The summed E-state index contributed by atoms with van der Waals surface area (Å²) < 4.78 is 11.1. The van der Waals surface area contributed by atoms with Crippen molar-refractivity contribution < 1.29 is 23.9 Å². The third-order valence-electron chi connectivity index (χ3n) is 7.72. The summed E-state index contributed by atoms with van der Waals surface area (Å²) >= 11 is 12.4. The first-order valence-corrected chi connectivity index (χ1v) is 15.7. The van der Waals surface area contributed by atoms with Crippen LogP contribution in [-0.4, -0.2) is 74.3 Å². The predicted octanol–water partition coefficient (Wildman–Crippen LogP) is 5.49. The molecule has 0 bridgehead atoms. The van der Waals surface area contributed by atoms with Crippen LogP contribution in [0.4, 0.5) is 16.2 Å². The highest BCUT2D eigenvalue weighted by Gasteiger charge is 2.35. The van der Waals surface area contributed by atoms with Gasteiger partial charge < -0.3 is 25.4 Å². The molecule has 2 atom stereocenters. The van der Waals surface area contributed by atoms with E-state index in [1.54, 1.807) is 19.1 Å². The normalized spacial score (nSPS) is 16.4. The van der Waals surface area contributed by atoms with E-state index in [0.717, 1.165) is 29.8 Å². The first-order chi connectivity index (χ1) is 21.6. The van der Waals surface area contributed by atoms with E-state index in [1.807, 2.05) is 62.4 Å². The lowest BCUT2D eigenvalue weighted by Gasteiger charge is -2.35. The summed E-state index contributed by atoms with van der Waals surface area (Å²) in [5.74, 6) is -0.264. The first kappa shape index (κ1) is 32.6. The van der Waals surface area contributed by atoms with Gasteiger partial charge in [0.15, 0.2) is 6.61 Å². The Morgan fingerprint density at radius 1 is 0.889 bits per heavy atom. The van der Waals surface area contributed by atoms with Crippen molar-refractivity contribution in [3.05, 3.63) is 76.3 Å². The van der Waals surface area contributed by atoms with E-state index in [1.165, 1.54) is 4.90 Å². The van der Waals surface area contributed by atoms with E-state index in [4.69, 9.17) is 32.7 Å². The first-order valence-electron chi connectivity index (χ1n) is 14.9. The molecule has 1 fully saturated rings. The molecule has 45 heavy (non-hydrogen) atoms. The molecule has 1 saturated heterocycles. The van der Waals surface area contributed by atoms with Crippen molar-refractivity contribution in [3.8, 4) is 16.9 Å². The minimum absolute atomic E-state index is 0.0418. The summed E-state index contributed by atoms with van der Waals surface area (Å²) in [6.07, 6.45) is 0. The number of benzene rings is 3. The second kappa shape index (κ2) is 14.5. The maximum atomic E-state index is 13.7. The largest absolute Gasteiger partial charge is 0.482 e. The van der Waals surface area contributed by atoms with Crippen molar-refractivity contribution in [1.82, 2.24) is 15.5 Å². The lowest BCUT2D eigenvalue weighted by Crippen LogP contribution is -2.53. The van der Waals surface area contributed by atoms with Crippen LogP contribution in [0.2, 0.25) is 10.0 Å². The van der Waals surface area contributed by atoms with Gasteiger partial charge >= 0.3 is 6.03 Å². The van der Waals surface area contributed by atoms with Crippen molar-refractivity contribution in [2.24, 2.45) is 0 Å². The van der Waals surface area contributed by atoms with Gasteiger partial charge in [0.2, 0.25) is 5.91 Å². The van der Waals surface area contributed by atoms with Gasteiger partial charge in [-0.3, -0.25) is 19.4 Å². The fraction of sp³-hybridized carbons (Fsp3) is 0.364. The molecule has 2 aliphatic heterocycles. The predicted molar refractivity (Wildman–Crippen MR) is 176 cm³/mol. The second-order valence-electron chi connectivity index (χ2n) is 11.4. The Morgan fingerprint density at radius 3 is 2.16 bits per heavy atom. The van der Waals surface area contributed by atoms with Crippen molar-refractivity contribution in [2.75, 3.05) is 49.7 Å². The van der Waals surface area contributed by atoms with E-state index >= 15 is 0 Å². The molecule has 3 aromatic carbocycles. The van der Waals surface area contributed by atoms with Gasteiger partial charge in [-0.2, -0.15) is 0 Å². The minimum Gasteiger partial charge on any atom is -0.482 e. The van der Waals surface area contributed by atoms with Crippen molar-refractivity contribution in [3.63, 3.8) is 0 Å². The number of halogens is 2. The number of carbonyl (C=O) groups is 3. The molecule has 238 valence electrons. The molecule has 0 aromatic heterocycles. The zero-order valence-electron chi connectivity index (χ0n) is 25.4. The van der Waals surface area contributed by atoms with E-state index in [0.29, 0.717) is 41.9 Å². The van der Waals surface area contributed by atoms with Crippen molar-refractivity contribution in [2.45, 2.75) is 38.9 Å². The Bertz CT molecular complexity index is 1530. The Hall–Kier alpha value is -3.83. The van der Waals surface area contributed by atoms with Gasteiger partial charge in [0.25, 0.3) is 5.91 Å². The number of ether oxygens (including phenoxy) is 2. The number of fused-ring (bicyclic) bond motifs is 1. The summed E-state index contributed by atoms with van der Waals surface area (Å²) in [4.78, 5) is 42.4. The van der Waals surface area contributed by atoms with Gasteiger partial charge in [-0.05, 0) is 55.7 Å². The van der Waals surface area contributed by atoms with E-state index in [2.05, 4.69) is 20.9 Å². The summed E-state index contributed by atoms with van der Waals surface area (Å²) in [5, 5.41) is 9.40. The Kier molecular flexibility index (Phi) is 10.5. The highest BCUT2D eigenvalue weighted by molar-refractivity contribution is 6.42. The number of hydrogen-bond acceptors (Lipinski definition) is 6. The molecule has 5 rings (SSSR count). The molecular formula is C33H37Cl2N5O5. The standard InChI is InChI=1S/C33H37Cl2N5O5/c1-20(2)36-33(43)37-25-10-8-23(9-11-25)22-4-6-24(7-5-22)28(18-39-12-14-44-15-13-39)38-32(42)21(3)40-29-16-26(34)27(35)17-30(29)45-19-31(40)41/h4-11,16-17,20-21,28H,12-15,18-19H2,1-3H3,(H,38,42)(H2,36,37,43). The molecule has 3 aromatic rings. The lowest BCUT2D eigenvalue weighted by molar-refractivity contribution is -0.128. The van der Waals surface area contributed by atoms with Crippen LogP contribution in [0.5, 0.6) is 5.75 Å². The number of nitrogens with one attached hydrogen (secondary N) is 3. The SMILES string of the molecule is CC(C)NC(=O)Nc1ccc(-c2ccc(C(CN3CCOCC3)NC(=O)C(C)N3C(=O)COc4cc(Cl)c(Cl)cc43)cc2)cc1. The molecule has 2 heterocycles. The third kappa shape index (κ3) is 8.07. The Balaban J connectivity index is 1.33. The van der Waals surface area contributed by atoms with Crippen LogP contribution < -0.4 is 25.6 Å². The maximum absolute atomic E-state index is 13.7. The highest BCUT2D eigenvalue weighted by Crippen LogP contribution is 2.39. The highest BCUT2D eigenvalue weighted by atomic mass is 35.5. The number of morpholine rings is 1. The maximum Gasteiger partial charge on any atom is 0.319 e. The van der Waals surface area contributed by atoms with Crippen LogP contribution in [0, 0.1) is 0 Å². The molecule has 12 heteroatoms. The molecular weight excluding hydrogens is 617 g/mol. The van der Waals surface area contributed by atoms with Gasteiger partial charge in [-0.15, -0.1) is 0 Å². The van der Waals surface area contributed by atoms with E-state index in [-0.39, 0.29) is 41.6 Å². The second-order valence-corrected chi connectivity index (χ2v) is 12.2. The van der Waals surface area contributed by atoms with Gasteiger partial charge in [-0.25, -0.2) is 4.79 Å². The Labute approximate surface area is 272 Å². The molecule has 0 spiro atoms. The van der Waals surface area contributed by atoms with Gasteiger partial charge in [0, 0.05) is 37.4 Å². The lowest BCUT2D eigenvalue weighted by atomic mass is 9.99. The Morgan fingerprint density at radius 2 is 1.51 bits per heavy atom. The smallest absolute Gasteiger partial charge is 0.319 e. The third-order valence-corrected chi connectivity index (χ3v) is 8.44. The average Bonchev–Trinajstić information content (AvgIpc) is 3.02. The molecule has 4 amide bonds. The van der Waals surface area contributed by atoms with E-state index in [9.17, 15) is 14.4 Å². The molecule has 0 saturated carbocycles. The molecule has 3 N–H and O–H groups in total. The minimum atomic E-state index is -0.835. The quantitative estimate of drug-likeness (QED) is 0.281. The number of rotatable bonds is 9. The number of nitrogens with zero attached hydrogens (tertiary/aromatic N) is 2. The number of urea groups is 1. The zero-order valence-corrected chi connectivity index (χ0v) is 27.0. The number of amides is 4. The number of hydrogen-bond donors (Lipinski definition) is 3. The molecule has 2 unspecified atom stereocenters. The molecule has 0 aliphatic carbocycles. The van der Waals surface area contributed by atoms with Crippen LogP contribution >= 0.6 is 23.2 Å². The monoisotopic (exact) mass is 653 g/mol. The van der Waals surface area contributed by atoms with Crippen LogP contribution in [0.25, 0.3) is 11.1 Å². The van der Waals surface area contributed by atoms with Crippen LogP contribution in [0.1, 0.15) is 32.4 Å². The zero-order chi connectivity index (χ0) is 32.1. The summed E-state index contributed by atoms with van der Waals surface area (Å²) in [6, 6.07) is 17.4. The van der Waals surface area contributed by atoms with Gasteiger partial charge in [0.05, 0.1) is 35.0 Å². The van der Waals surface area contributed by atoms with Gasteiger partial charge in [0.1, 0.15) is 11.8 Å². The van der Waals surface area contributed by atoms with Crippen LogP contribution in [-0.2, 0) is 14.3 Å². The average molecular weight is 655 g/mol. The summed E-state index contributed by atoms with van der Waals surface area (Å²) in [5.41, 5.74) is 4.01. The van der Waals surface area contributed by atoms with E-state index < -0.39 is 6.04 Å². The molecule has 10 nitrogen and oxygen atoms in total. The number of carbonyl (C=O) groups excluding carboxylic acids is 3. The summed E-state index contributed by atoms with van der Waals surface area (Å²) in [6.45, 7) is 8.63. The van der Waals surface area contributed by atoms with Gasteiger partial charge in [-0.1, -0.05) is 59.6 Å². The topological polar surface area (TPSA) is 112 Å². The van der Waals surface area contributed by atoms with Crippen LogP contribution in [0.15, 0.2) is 60.7 Å². The van der Waals surface area contributed by atoms with Crippen LogP contribution in [0.3, 0.4) is 0 Å². The van der Waals surface area contributed by atoms with Crippen molar-refractivity contribution >= 4 is 52.4 Å². The van der Waals surface area contributed by atoms with Crippen molar-refractivity contribution in [1.29, 1.82) is 0 Å².